The van der Waals surface area contributed by atoms with Gasteiger partial charge < -0.3 is 10.6 Å². The van der Waals surface area contributed by atoms with Gasteiger partial charge in [0.1, 0.15) is 0 Å². The molecule has 3 heteroatoms. The van der Waals surface area contributed by atoms with Crippen LogP contribution in [0.3, 0.4) is 0 Å². The van der Waals surface area contributed by atoms with Crippen LogP contribution in [0.25, 0.3) is 0 Å². The summed E-state index contributed by atoms with van der Waals surface area (Å²) in [6.07, 6.45) is 8.98. The topological polar surface area (TPSA) is 41.1 Å². The van der Waals surface area contributed by atoms with E-state index in [0.717, 1.165) is 38.0 Å². The van der Waals surface area contributed by atoms with E-state index in [1.54, 1.807) is 0 Å². The normalized spacial score (nSPS) is 26.0. The first-order valence-corrected chi connectivity index (χ1v) is 5.23. The summed E-state index contributed by atoms with van der Waals surface area (Å²) in [4.78, 5) is 11.7. The highest BCUT2D eigenvalue weighted by Crippen LogP contribution is 2.12. The second-order valence-electron chi connectivity index (χ2n) is 3.86. The minimum atomic E-state index is 0.158. The van der Waals surface area contributed by atoms with Gasteiger partial charge in [-0.15, -0.1) is 0 Å². The Morgan fingerprint density at radius 1 is 1.57 bits per heavy atom. The molecule has 1 unspecified atom stereocenters. The van der Waals surface area contributed by atoms with Gasteiger partial charge in [-0.3, -0.25) is 4.79 Å². The molecule has 76 valence electrons. The molecule has 14 heavy (non-hydrogen) atoms. The fourth-order valence-electron chi connectivity index (χ4n) is 1.88. The molecule has 1 saturated heterocycles. The fourth-order valence-corrected chi connectivity index (χ4v) is 1.88. The fraction of sp³-hybridized carbons (Fsp3) is 0.545. The van der Waals surface area contributed by atoms with E-state index in [-0.39, 0.29) is 11.8 Å². The van der Waals surface area contributed by atoms with Crippen LogP contribution in [0.5, 0.6) is 0 Å². The monoisotopic (exact) mass is 192 g/mol. The summed E-state index contributed by atoms with van der Waals surface area (Å²) in [7, 11) is 0. The smallest absolute Gasteiger partial charge is 0.228 e. The van der Waals surface area contributed by atoms with Crippen molar-refractivity contribution >= 4 is 5.91 Å². The maximum Gasteiger partial charge on any atom is 0.228 e. The minimum Gasteiger partial charge on any atom is -0.329 e. The van der Waals surface area contributed by atoms with Gasteiger partial charge >= 0.3 is 0 Å². The molecular weight excluding hydrogens is 176 g/mol. The van der Waals surface area contributed by atoms with E-state index >= 15 is 0 Å². The molecular formula is C11H16N2O. The van der Waals surface area contributed by atoms with Gasteiger partial charge in [0.15, 0.2) is 0 Å². The molecule has 0 saturated carbocycles. The van der Waals surface area contributed by atoms with Crippen molar-refractivity contribution in [3.05, 3.63) is 23.9 Å². The summed E-state index contributed by atoms with van der Waals surface area (Å²) in [6.45, 7) is 1.88. The third kappa shape index (κ3) is 2.23. The largest absolute Gasteiger partial charge is 0.329 e. The van der Waals surface area contributed by atoms with E-state index in [9.17, 15) is 4.79 Å². The van der Waals surface area contributed by atoms with E-state index < -0.39 is 0 Å². The van der Waals surface area contributed by atoms with Crippen molar-refractivity contribution in [2.24, 2.45) is 5.92 Å². The standard InChI is InChI=1S/C11H16N2O/c14-11(9-4-3-7-12-8-9)13-10-5-1-2-6-10/h1-2,5,9,12H,3-4,6-8H2,(H,13,14). The van der Waals surface area contributed by atoms with Gasteiger partial charge in [-0.2, -0.15) is 0 Å². The van der Waals surface area contributed by atoms with Crippen molar-refractivity contribution in [1.82, 2.24) is 10.6 Å². The average Bonchev–Trinajstić information content (AvgIpc) is 2.72. The Balaban J connectivity index is 1.82. The second-order valence-corrected chi connectivity index (χ2v) is 3.86. The first-order chi connectivity index (χ1) is 6.86. The minimum absolute atomic E-state index is 0.158. The number of carbonyl (C=O) groups is 1. The predicted molar refractivity (Wildman–Crippen MR) is 55.6 cm³/mol. The molecule has 3 nitrogen and oxygen atoms in total. The van der Waals surface area contributed by atoms with Gasteiger partial charge in [0, 0.05) is 18.7 Å². The summed E-state index contributed by atoms with van der Waals surface area (Å²) >= 11 is 0. The van der Waals surface area contributed by atoms with Crippen molar-refractivity contribution in [3.63, 3.8) is 0 Å². The van der Waals surface area contributed by atoms with Crippen molar-refractivity contribution in [1.29, 1.82) is 0 Å². The van der Waals surface area contributed by atoms with Crippen molar-refractivity contribution in [3.8, 4) is 0 Å². The van der Waals surface area contributed by atoms with Crippen LogP contribution in [-0.4, -0.2) is 19.0 Å². The van der Waals surface area contributed by atoms with Crippen LogP contribution in [0.15, 0.2) is 23.9 Å². The van der Waals surface area contributed by atoms with Crippen LogP contribution < -0.4 is 10.6 Å². The lowest BCUT2D eigenvalue weighted by Gasteiger charge is -2.22. The summed E-state index contributed by atoms with van der Waals surface area (Å²) in [6, 6.07) is 0. The van der Waals surface area contributed by atoms with Gasteiger partial charge in [0.25, 0.3) is 0 Å². The highest BCUT2D eigenvalue weighted by Gasteiger charge is 2.21. The third-order valence-corrected chi connectivity index (χ3v) is 2.72. The Morgan fingerprint density at radius 3 is 3.14 bits per heavy atom. The second kappa shape index (κ2) is 4.42. The zero-order valence-corrected chi connectivity index (χ0v) is 8.25. The molecule has 2 aliphatic rings. The molecule has 1 aliphatic heterocycles. The Bertz CT molecular complexity index is 275. The van der Waals surface area contributed by atoms with Crippen LogP contribution in [0.4, 0.5) is 0 Å². The van der Waals surface area contributed by atoms with E-state index in [4.69, 9.17) is 0 Å². The molecule has 1 fully saturated rings. The average molecular weight is 192 g/mol. The highest BCUT2D eigenvalue weighted by atomic mass is 16.1. The van der Waals surface area contributed by atoms with Crippen molar-refractivity contribution in [2.45, 2.75) is 19.3 Å². The lowest BCUT2D eigenvalue weighted by molar-refractivity contribution is -0.124. The maximum absolute atomic E-state index is 11.7. The Labute approximate surface area is 84.3 Å². The van der Waals surface area contributed by atoms with Gasteiger partial charge in [-0.1, -0.05) is 12.2 Å². The number of hydrogen-bond donors (Lipinski definition) is 2. The van der Waals surface area contributed by atoms with Gasteiger partial charge in [0.2, 0.25) is 5.91 Å². The van der Waals surface area contributed by atoms with Gasteiger partial charge in [-0.05, 0) is 25.5 Å². The number of carbonyl (C=O) groups excluding carboxylic acids is 1. The van der Waals surface area contributed by atoms with Crippen LogP contribution in [0.2, 0.25) is 0 Å². The first-order valence-electron chi connectivity index (χ1n) is 5.23. The zero-order chi connectivity index (χ0) is 9.80. The number of nitrogens with one attached hydrogen (secondary N) is 2. The Hall–Kier alpha value is -1.09. The molecule has 0 spiro atoms. The zero-order valence-electron chi connectivity index (χ0n) is 8.25. The number of rotatable bonds is 2. The highest BCUT2D eigenvalue weighted by molar-refractivity contribution is 5.80. The molecule has 1 aliphatic carbocycles. The van der Waals surface area contributed by atoms with Crippen LogP contribution in [0.1, 0.15) is 19.3 Å². The molecule has 0 bridgehead atoms. The van der Waals surface area contributed by atoms with E-state index in [2.05, 4.69) is 16.7 Å². The first kappa shape index (κ1) is 9.46. The van der Waals surface area contributed by atoms with Crippen molar-refractivity contribution in [2.75, 3.05) is 13.1 Å². The molecule has 2 N–H and O–H groups in total. The number of amides is 1. The molecule has 1 amide bonds. The lowest BCUT2D eigenvalue weighted by atomic mass is 9.99. The van der Waals surface area contributed by atoms with Gasteiger partial charge in [-0.25, -0.2) is 0 Å². The van der Waals surface area contributed by atoms with Crippen LogP contribution in [-0.2, 0) is 4.79 Å². The predicted octanol–water partition coefficient (Wildman–Crippen LogP) is 0.946. The molecule has 0 aromatic rings. The molecule has 1 atom stereocenters. The van der Waals surface area contributed by atoms with Gasteiger partial charge in [0.05, 0.1) is 5.92 Å². The number of allylic oxidation sites excluding steroid dienone is 3. The summed E-state index contributed by atoms with van der Waals surface area (Å²) in [5, 5.41) is 6.21. The van der Waals surface area contributed by atoms with E-state index in [1.807, 2.05) is 12.2 Å². The van der Waals surface area contributed by atoms with E-state index in [1.165, 1.54) is 0 Å². The molecule has 0 radical (unpaired) electrons. The molecule has 2 rings (SSSR count). The van der Waals surface area contributed by atoms with E-state index in [0.29, 0.717) is 0 Å². The van der Waals surface area contributed by atoms with Crippen LogP contribution >= 0.6 is 0 Å². The summed E-state index contributed by atoms with van der Waals surface area (Å²) in [5.74, 6) is 0.331. The SMILES string of the molecule is O=C(NC1=CC=CC1)C1CCCNC1. The Kier molecular flexibility index (Phi) is 2.99. The number of hydrogen-bond acceptors (Lipinski definition) is 2. The summed E-state index contributed by atoms with van der Waals surface area (Å²) < 4.78 is 0. The molecule has 1 heterocycles. The van der Waals surface area contributed by atoms with Crippen molar-refractivity contribution < 1.29 is 4.79 Å². The third-order valence-electron chi connectivity index (χ3n) is 2.72. The lowest BCUT2D eigenvalue weighted by Crippen LogP contribution is -2.40. The number of piperidine rings is 1. The Morgan fingerprint density at radius 2 is 2.50 bits per heavy atom. The molecule has 0 aromatic heterocycles. The molecule has 0 aromatic carbocycles. The quantitative estimate of drug-likeness (QED) is 0.684. The van der Waals surface area contributed by atoms with Crippen LogP contribution in [0, 0.1) is 5.92 Å². The summed E-state index contributed by atoms with van der Waals surface area (Å²) in [5.41, 5.74) is 1.03. The maximum atomic E-state index is 11.7.